The number of nitrogens with zero attached hydrogens (tertiary/aromatic N) is 2. The SMILES string of the molecule is CCC1=C(C(=O)OC)[C@H](c2ccccc2)n2c(s/c(=C\c3cc(Br)c(OCC(=O)OC)c(OC)c3)c2=O)=N1. The largest absolute Gasteiger partial charge is 0.493 e. The molecule has 0 bridgehead atoms. The fraction of sp³-hybridized carbons (Fsp3) is 0.259. The molecule has 0 aliphatic carbocycles. The highest BCUT2D eigenvalue weighted by Crippen LogP contribution is 2.37. The summed E-state index contributed by atoms with van der Waals surface area (Å²) in [7, 11) is 4.07. The van der Waals surface area contributed by atoms with Crippen LogP contribution in [0.5, 0.6) is 11.5 Å². The van der Waals surface area contributed by atoms with E-state index in [4.69, 9.17) is 14.2 Å². The van der Waals surface area contributed by atoms with Gasteiger partial charge in [-0.3, -0.25) is 9.36 Å². The van der Waals surface area contributed by atoms with Crippen LogP contribution in [0, 0.1) is 0 Å². The Morgan fingerprint density at radius 3 is 2.50 bits per heavy atom. The Morgan fingerprint density at radius 2 is 1.87 bits per heavy atom. The molecule has 0 spiro atoms. The van der Waals surface area contributed by atoms with Gasteiger partial charge in [-0.15, -0.1) is 0 Å². The third-order valence-corrected chi connectivity index (χ3v) is 7.45. The van der Waals surface area contributed by atoms with E-state index in [2.05, 4.69) is 25.7 Å². The molecule has 0 fully saturated rings. The van der Waals surface area contributed by atoms with E-state index >= 15 is 0 Å². The van der Waals surface area contributed by atoms with Crippen molar-refractivity contribution in [3.05, 3.63) is 89.0 Å². The predicted octanol–water partition coefficient (Wildman–Crippen LogP) is 3.12. The number of benzene rings is 2. The van der Waals surface area contributed by atoms with Crippen molar-refractivity contribution in [1.82, 2.24) is 4.57 Å². The number of esters is 2. The zero-order valence-electron chi connectivity index (χ0n) is 21.1. The number of ether oxygens (including phenoxy) is 4. The van der Waals surface area contributed by atoms with Crippen molar-refractivity contribution in [3.8, 4) is 11.5 Å². The van der Waals surface area contributed by atoms with E-state index in [0.717, 1.165) is 5.56 Å². The van der Waals surface area contributed by atoms with Crippen LogP contribution in [0.4, 0.5) is 0 Å². The average Bonchev–Trinajstić information content (AvgIpc) is 3.24. The number of allylic oxidation sites excluding steroid dienone is 1. The van der Waals surface area contributed by atoms with Crippen LogP contribution in [0.3, 0.4) is 0 Å². The topological polar surface area (TPSA) is 105 Å². The maximum atomic E-state index is 13.8. The molecular formula is C27H25BrN2O7S. The van der Waals surface area contributed by atoms with E-state index in [1.165, 1.54) is 37.2 Å². The monoisotopic (exact) mass is 600 g/mol. The second-order valence-electron chi connectivity index (χ2n) is 8.10. The standard InChI is InChI=1S/C27H25BrN2O7S/c1-5-18-22(26(33)36-4)23(16-9-7-6-8-10-16)30-25(32)20(38-27(30)29-18)13-15-11-17(28)24(19(12-15)34-2)37-14-21(31)35-3/h6-13,23H,5,14H2,1-4H3/b20-13-/t23-/m0/s1. The molecule has 0 radical (unpaired) electrons. The minimum Gasteiger partial charge on any atom is -0.493 e. The van der Waals surface area contributed by atoms with Crippen molar-refractivity contribution in [2.45, 2.75) is 19.4 Å². The molecule has 0 saturated carbocycles. The van der Waals surface area contributed by atoms with Gasteiger partial charge in [0, 0.05) is 0 Å². The summed E-state index contributed by atoms with van der Waals surface area (Å²) in [5, 5.41) is 0. The molecule has 38 heavy (non-hydrogen) atoms. The van der Waals surface area contributed by atoms with Gasteiger partial charge in [-0.2, -0.15) is 0 Å². The molecule has 9 nitrogen and oxygen atoms in total. The number of methoxy groups -OCH3 is 3. The number of hydrogen-bond donors (Lipinski definition) is 0. The van der Waals surface area contributed by atoms with Gasteiger partial charge in [0.25, 0.3) is 5.56 Å². The Labute approximate surface area is 230 Å². The quantitative estimate of drug-likeness (QED) is 0.366. The van der Waals surface area contributed by atoms with E-state index < -0.39 is 18.0 Å². The second-order valence-corrected chi connectivity index (χ2v) is 9.96. The molecule has 1 aromatic heterocycles. The summed E-state index contributed by atoms with van der Waals surface area (Å²) >= 11 is 4.68. The Kier molecular flexibility index (Phi) is 8.48. The molecule has 0 unspecified atom stereocenters. The predicted molar refractivity (Wildman–Crippen MR) is 145 cm³/mol. The molecule has 4 rings (SSSR count). The van der Waals surface area contributed by atoms with Crippen molar-refractivity contribution in [1.29, 1.82) is 0 Å². The molecule has 0 amide bonds. The van der Waals surface area contributed by atoms with Gasteiger partial charge in [0.2, 0.25) is 0 Å². The normalized spacial score (nSPS) is 15.0. The van der Waals surface area contributed by atoms with E-state index in [9.17, 15) is 14.4 Å². The molecule has 1 atom stereocenters. The number of fused-ring (bicyclic) bond motifs is 1. The second kappa shape index (κ2) is 11.8. The third-order valence-electron chi connectivity index (χ3n) is 5.88. The summed E-state index contributed by atoms with van der Waals surface area (Å²) in [6, 6.07) is 12.1. The molecular weight excluding hydrogens is 576 g/mol. The number of aromatic nitrogens is 1. The number of thiazole rings is 1. The fourth-order valence-electron chi connectivity index (χ4n) is 4.12. The summed E-state index contributed by atoms with van der Waals surface area (Å²) in [6.07, 6.45) is 2.22. The lowest BCUT2D eigenvalue weighted by Crippen LogP contribution is -2.40. The van der Waals surface area contributed by atoms with Crippen LogP contribution in [-0.4, -0.2) is 44.4 Å². The van der Waals surface area contributed by atoms with Crippen molar-refractivity contribution in [3.63, 3.8) is 0 Å². The first-order chi connectivity index (χ1) is 18.3. The minimum atomic E-state index is -0.674. The lowest BCUT2D eigenvalue weighted by Gasteiger charge is -2.25. The summed E-state index contributed by atoms with van der Waals surface area (Å²) in [5.41, 5.74) is 2.06. The average molecular weight is 601 g/mol. The van der Waals surface area contributed by atoms with E-state index in [1.807, 2.05) is 37.3 Å². The summed E-state index contributed by atoms with van der Waals surface area (Å²) in [4.78, 5) is 43.3. The first-order valence-corrected chi connectivity index (χ1v) is 13.2. The van der Waals surface area contributed by atoms with Crippen LogP contribution < -0.4 is 24.4 Å². The summed E-state index contributed by atoms with van der Waals surface area (Å²) in [5.74, 6) is -0.360. The minimum absolute atomic E-state index is 0.287. The lowest BCUT2D eigenvalue weighted by atomic mass is 9.95. The zero-order valence-corrected chi connectivity index (χ0v) is 23.6. The van der Waals surface area contributed by atoms with E-state index in [0.29, 0.717) is 48.6 Å². The molecule has 1 aliphatic heterocycles. The number of hydrogen-bond acceptors (Lipinski definition) is 9. The molecule has 0 saturated heterocycles. The third kappa shape index (κ3) is 5.30. The number of carbonyl (C=O) groups is 2. The number of carbonyl (C=O) groups excluding carboxylic acids is 2. The Morgan fingerprint density at radius 1 is 1.13 bits per heavy atom. The molecule has 2 heterocycles. The Bertz CT molecular complexity index is 1590. The Hall–Kier alpha value is -3.70. The van der Waals surface area contributed by atoms with Gasteiger partial charge in [0.1, 0.15) is 0 Å². The highest BCUT2D eigenvalue weighted by molar-refractivity contribution is 9.10. The summed E-state index contributed by atoms with van der Waals surface area (Å²) in [6.45, 7) is 1.62. The van der Waals surface area contributed by atoms with Crippen molar-refractivity contribution >= 4 is 45.3 Å². The molecule has 198 valence electrons. The van der Waals surface area contributed by atoms with Gasteiger partial charge in [-0.25, -0.2) is 14.6 Å². The number of rotatable bonds is 8. The molecule has 1 aliphatic rings. The molecule has 0 N–H and O–H groups in total. The zero-order chi connectivity index (χ0) is 27.4. The molecule has 2 aromatic carbocycles. The highest BCUT2D eigenvalue weighted by atomic mass is 79.9. The first-order valence-electron chi connectivity index (χ1n) is 11.6. The van der Waals surface area contributed by atoms with Crippen LogP contribution >= 0.6 is 27.3 Å². The van der Waals surface area contributed by atoms with Crippen LogP contribution in [0.25, 0.3) is 6.08 Å². The summed E-state index contributed by atoms with van der Waals surface area (Å²) < 4.78 is 23.2. The van der Waals surface area contributed by atoms with Crippen molar-refractivity contribution in [2.75, 3.05) is 27.9 Å². The smallest absolute Gasteiger partial charge is 0.343 e. The van der Waals surface area contributed by atoms with Gasteiger partial charge in [-0.05, 0) is 51.7 Å². The lowest BCUT2D eigenvalue weighted by molar-refractivity contribution is -0.143. The van der Waals surface area contributed by atoms with Gasteiger partial charge in [0.15, 0.2) is 22.9 Å². The van der Waals surface area contributed by atoms with Gasteiger partial charge in [-0.1, -0.05) is 48.6 Å². The maximum Gasteiger partial charge on any atom is 0.343 e. The van der Waals surface area contributed by atoms with Gasteiger partial charge < -0.3 is 18.9 Å². The molecule has 3 aromatic rings. The highest BCUT2D eigenvalue weighted by Gasteiger charge is 2.33. The fourth-order valence-corrected chi connectivity index (χ4v) is 5.71. The first kappa shape index (κ1) is 27.3. The van der Waals surface area contributed by atoms with Crippen molar-refractivity contribution < 1.29 is 28.5 Å². The van der Waals surface area contributed by atoms with Crippen LogP contribution in [0.2, 0.25) is 0 Å². The van der Waals surface area contributed by atoms with E-state index in [-0.39, 0.29) is 12.2 Å². The van der Waals surface area contributed by atoms with Crippen LogP contribution in [0.15, 0.2) is 68.0 Å². The maximum absolute atomic E-state index is 13.8. The Balaban J connectivity index is 1.87. The van der Waals surface area contributed by atoms with Gasteiger partial charge in [0.05, 0.1) is 47.6 Å². The van der Waals surface area contributed by atoms with Crippen LogP contribution in [-0.2, 0) is 19.1 Å². The van der Waals surface area contributed by atoms with Crippen molar-refractivity contribution in [2.24, 2.45) is 4.99 Å². The number of halogens is 1. The van der Waals surface area contributed by atoms with E-state index in [1.54, 1.807) is 18.2 Å². The molecule has 11 heteroatoms. The van der Waals surface area contributed by atoms with Gasteiger partial charge >= 0.3 is 11.9 Å². The van der Waals surface area contributed by atoms with Crippen LogP contribution in [0.1, 0.15) is 30.5 Å².